The van der Waals surface area contributed by atoms with Crippen molar-refractivity contribution in [3.05, 3.63) is 35.9 Å². The molecule has 4 aliphatic heterocycles. The number of fused-ring (bicyclic) bond motifs is 2. The van der Waals surface area contributed by atoms with Crippen LogP contribution in [0.1, 0.15) is 18.5 Å². The van der Waals surface area contributed by atoms with Crippen molar-refractivity contribution in [2.45, 2.75) is 24.7 Å². The first-order valence-corrected chi connectivity index (χ1v) is 8.28. The predicted octanol–water partition coefficient (Wildman–Crippen LogP) is 0.00820. The van der Waals surface area contributed by atoms with Crippen LogP contribution in [0.5, 0.6) is 11.5 Å². The van der Waals surface area contributed by atoms with Crippen LogP contribution in [0.3, 0.4) is 0 Å². The molecule has 1 aromatic rings. The molecule has 0 aromatic heterocycles. The molecule has 4 aliphatic rings. The minimum Gasteiger partial charge on any atom is -0.550 e. The van der Waals surface area contributed by atoms with E-state index in [1.165, 1.54) is 0 Å². The average Bonchev–Trinajstić information content (AvgIpc) is 3.33. The van der Waals surface area contributed by atoms with Crippen LogP contribution in [0.15, 0.2) is 30.4 Å². The predicted molar refractivity (Wildman–Crippen MR) is 81.4 cm³/mol. The Morgan fingerprint density at radius 1 is 1.36 bits per heavy atom. The first-order valence-electron chi connectivity index (χ1n) is 8.28. The fourth-order valence-electron chi connectivity index (χ4n) is 4.48. The van der Waals surface area contributed by atoms with E-state index < -0.39 is 29.5 Å². The van der Waals surface area contributed by atoms with Crippen LogP contribution in [0.25, 0.3) is 0 Å². The Morgan fingerprint density at radius 2 is 2.16 bits per heavy atom. The lowest BCUT2D eigenvalue weighted by Gasteiger charge is -2.28. The quantitative estimate of drug-likeness (QED) is 0.719. The van der Waals surface area contributed by atoms with Crippen molar-refractivity contribution in [2.24, 2.45) is 11.8 Å². The van der Waals surface area contributed by atoms with Crippen LogP contribution in [-0.2, 0) is 14.3 Å². The summed E-state index contributed by atoms with van der Waals surface area (Å²) in [6.45, 7) is 2.44. The lowest BCUT2D eigenvalue weighted by Crippen LogP contribution is -2.45. The number of carboxylic acids is 1. The summed E-state index contributed by atoms with van der Waals surface area (Å²) in [7, 11) is 0. The molecule has 0 unspecified atom stereocenters. The highest BCUT2D eigenvalue weighted by Gasteiger charge is 2.65. The third kappa shape index (κ3) is 1.84. The van der Waals surface area contributed by atoms with E-state index in [-0.39, 0.29) is 18.7 Å². The number of benzene rings is 1. The third-order valence-corrected chi connectivity index (χ3v) is 5.75. The summed E-state index contributed by atoms with van der Waals surface area (Å²) in [5.41, 5.74) is 0.0503. The second-order valence-corrected chi connectivity index (χ2v) is 6.97. The third-order valence-electron chi connectivity index (χ3n) is 5.75. The summed E-state index contributed by atoms with van der Waals surface area (Å²) >= 11 is 0. The summed E-state index contributed by atoms with van der Waals surface area (Å²) in [4.78, 5) is 26.2. The Bertz CT molecular complexity index is 820. The topological polar surface area (TPSA) is 88.1 Å². The molecule has 0 radical (unpaired) electrons. The smallest absolute Gasteiger partial charge is 0.231 e. The molecule has 0 saturated carbocycles. The number of likely N-dealkylation sites (tertiary alicyclic amines) is 1. The summed E-state index contributed by atoms with van der Waals surface area (Å²) in [6, 6.07) is 5.33. The van der Waals surface area contributed by atoms with Gasteiger partial charge in [0.15, 0.2) is 11.5 Å². The van der Waals surface area contributed by atoms with Crippen LogP contribution in [-0.4, -0.2) is 41.8 Å². The SMILES string of the molecule is C[C@@H](c1ccc2c(c1)OCO2)N1C[C@@]23C=C[C@H](O2)[C@H](C(=O)[O-])[C@@H]3C1=O. The van der Waals surface area contributed by atoms with Gasteiger partial charge in [0.05, 0.1) is 24.6 Å². The monoisotopic (exact) mass is 342 g/mol. The summed E-state index contributed by atoms with van der Waals surface area (Å²) < 4.78 is 16.6. The highest BCUT2D eigenvalue weighted by atomic mass is 16.7. The minimum atomic E-state index is -1.23. The van der Waals surface area contributed by atoms with Crippen LogP contribution in [0.4, 0.5) is 0 Å². The van der Waals surface area contributed by atoms with Crippen LogP contribution in [0.2, 0.25) is 0 Å². The van der Waals surface area contributed by atoms with Crippen molar-refractivity contribution >= 4 is 11.9 Å². The highest BCUT2D eigenvalue weighted by Crippen LogP contribution is 2.53. The van der Waals surface area contributed by atoms with Crippen molar-refractivity contribution in [1.29, 1.82) is 0 Å². The molecule has 2 fully saturated rings. The second kappa shape index (κ2) is 4.76. The molecule has 7 heteroatoms. The van der Waals surface area contributed by atoms with Gasteiger partial charge >= 0.3 is 0 Å². The van der Waals surface area contributed by atoms with Crippen molar-refractivity contribution in [3.63, 3.8) is 0 Å². The van der Waals surface area contributed by atoms with Crippen molar-refractivity contribution in [3.8, 4) is 11.5 Å². The molecule has 2 saturated heterocycles. The van der Waals surface area contributed by atoms with E-state index in [4.69, 9.17) is 14.2 Å². The molecule has 1 amide bonds. The lowest BCUT2D eigenvalue weighted by molar-refractivity contribution is -0.313. The van der Waals surface area contributed by atoms with Crippen LogP contribution in [0, 0.1) is 11.8 Å². The van der Waals surface area contributed by atoms with Gasteiger partial charge in [-0.2, -0.15) is 0 Å². The average molecular weight is 342 g/mol. The van der Waals surface area contributed by atoms with Crippen molar-refractivity contribution in [2.75, 3.05) is 13.3 Å². The molecule has 25 heavy (non-hydrogen) atoms. The van der Waals surface area contributed by atoms with Gasteiger partial charge in [-0.1, -0.05) is 18.2 Å². The Kier molecular flexibility index (Phi) is 2.81. The molecule has 7 nitrogen and oxygen atoms in total. The molecule has 1 aromatic carbocycles. The fraction of sp³-hybridized carbons (Fsp3) is 0.444. The van der Waals surface area contributed by atoms with Gasteiger partial charge in [-0.25, -0.2) is 0 Å². The standard InChI is InChI=1S/C18H17NO6/c1-9(10-2-3-11-13(6-10)24-8-23-11)19-7-18-5-4-12(25-18)14(17(21)22)15(18)16(19)20/h2-6,9,12,14-15H,7-8H2,1H3,(H,21,22)/p-1/t9-,12-,14-,15+,18+/m0/s1. The molecule has 1 spiro atoms. The number of carboxylic acid groups (broad SMARTS) is 1. The van der Waals surface area contributed by atoms with E-state index in [9.17, 15) is 14.7 Å². The number of amides is 1. The van der Waals surface area contributed by atoms with Gasteiger partial charge in [-0.05, 0) is 24.6 Å². The zero-order chi connectivity index (χ0) is 17.3. The summed E-state index contributed by atoms with van der Waals surface area (Å²) in [5.74, 6) is -1.74. The number of hydrogen-bond donors (Lipinski definition) is 0. The number of aliphatic carboxylic acids is 1. The maximum Gasteiger partial charge on any atom is 0.231 e. The van der Waals surface area contributed by atoms with Gasteiger partial charge in [-0.3, -0.25) is 4.79 Å². The van der Waals surface area contributed by atoms with Gasteiger partial charge < -0.3 is 29.0 Å². The largest absolute Gasteiger partial charge is 0.550 e. The first kappa shape index (κ1) is 14.8. The van der Waals surface area contributed by atoms with E-state index in [0.29, 0.717) is 18.0 Å². The van der Waals surface area contributed by atoms with Crippen LogP contribution >= 0.6 is 0 Å². The molecule has 5 rings (SSSR count). The van der Waals surface area contributed by atoms with E-state index in [0.717, 1.165) is 5.56 Å². The zero-order valence-electron chi connectivity index (χ0n) is 13.5. The molecule has 5 atom stereocenters. The Hall–Kier alpha value is -2.54. The van der Waals surface area contributed by atoms with Gasteiger partial charge in [-0.15, -0.1) is 0 Å². The Balaban J connectivity index is 1.47. The summed E-state index contributed by atoms with van der Waals surface area (Å²) in [6.07, 6.45) is 3.01. The fourth-order valence-corrected chi connectivity index (χ4v) is 4.48. The summed E-state index contributed by atoms with van der Waals surface area (Å²) in [5, 5.41) is 11.5. The van der Waals surface area contributed by atoms with Crippen molar-refractivity contribution in [1.82, 2.24) is 4.90 Å². The highest BCUT2D eigenvalue weighted by molar-refractivity contribution is 5.90. The Labute approximate surface area is 143 Å². The molecule has 0 N–H and O–H groups in total. The first-order chi connectivity index (χ1) is 12.0. The number of rotatable bonds is 3. The number of hydrogen-bond acceptors (Lipinski definition) is 6. The molecule has 4 heterocycles. The van der Waals surface area contributed by atoms with E-state index in [1.807, 2.05) is 31.2 Å². The van der Waals surface area contributed by atoms with Crippen molar-refractivity contribution < 1.29 is 28.9 Å². The molecular weight excluding hydrogens is 326 g/mol. The molecular formula is C18H16NO6-. The van der Waals surface area contributed by atoms with E-state index in [1.54, 1.807) is 11.0 Å². The number of nitrogens with zero attached hydrogens (tertiary/aromatic N) is 1. The van der Waals surface area contributed by atoms with Crippen LogP contribution < -0.4 is 14.6 Å². The number of carbonyl (C=O) groups excluding carboxylic acids is 2. The van der Waals surface area contributed by atoms with Gasteiger partial charge in [0, 0.05) is 11.9 Å². The zero-order valence-corrected chi connectivity index (χ0v) is 13.5. The molecule has 2 bridgehead atoms. The van der Waals surface area contributed by atoms with E-state index >= 15 is 0 Å². The van der Waals surface area contributed by atoms with Gasteiger partial charge in [0.2, 0.25) is 12.7 Å². The minimum absolute atomic E-state index is 0.189. The maximum atomic E-state index is 13.0. The number of ether oxygens (including phenoxy) is 3. The Morgan fingerprint density at radius 3 is 2.96 bits per heavy atom. The van der Waals surface area contributed by atoms with E-state index in [2.05, 4.69) is 0 Å². The van der Waals surface area contributed by atoms with Gasteiger partial charge in [0.1, 0.15) is 5.60 Å². The molecule has 0 aliphatic carbocycles. The molecule has 130 valence electrons. The van der Waals surface area contributed by atoms with Gasteiger partial charge in [0.25, 0.3) is 0 Å². The lowest BCUT2D eigenvalue weighted by atomic mass is 9.77. The second-order valence-electron chi connectivity index (χ2n) is 6.97. The maximum absolute atomic E-state index is 13.0. The normalized spacial score (nSPS) is 35.3. The number of carbonyl (C=O) groups is 2.